The van der Waals surface area contributed by atoms with Crippen LogP contribution >= 0.6 is 67.8 Å². The van der Waals surface area contributed by atoms with Crippen LogP contribution in [0.1, 0.15) is 16.8 Å². The number of amides is 1. The van der Waals surface area contributed by atoms with Crippen LogP contribution in [0.2, 0.25) is 0 Å². The topological polar surface area (TPSA) is 29.1 Å². The second kappa shape index (κ2) is 7.14. The van der Waals surface area contributed by atoms with Crippen molar-refractivity contribution in [3.8, 4) is 0 Å². The minimum absolute atomic E-state index is 0.0114. The second-order valence-electron chi connectivity index (χ2n) is 3.08. The smallest absolute Gasteiger partial charge is 0.252 e. The van der Waals surface area contributed by atoms with Crippen LogP contribution in [0.3, 0.4) is 0 Å². The molecule has 0 aliphatic heterocycles. The highest BCUT2D eigenvalue weighted by Gasteiger charge is 2.12. The highest BCUT2D eigenvalue weighted by molar-refractivity contribution is 14.1. The van der Waals surface area contributed by atoms with Crippen LogP contribution in [0.25, 0.3) is 0 Å². The quantitative estimate of drug-likeness (QED) is 0.262. The minimum Gasteiger partial charge on any atom is -0.352 e. The Balaban J connectivity index is 2.86. The van der Waals surface area contributed by atoms with E-state index in [1.54, 1.807) is 6.08 Å². The molecule has 0 spiro atoms. The highest BCUT2D eigenvalue weighted by Crippen LogP contribution is 2.22. The van der Waals surface area contributed by atoms with Crippen LogP contribution in [0.4, 0.5) is 0 Å². The van der Waals surface area contributed by atoms with Gasteiger partial charge in [-0.1, -0.05) is 6.08 Å². The first-order valence-corrected chi connectivity index (χ1v) is 7.83. The number of hydrogen-bond donors (Lipinski definition) is 1. The summed E-state index contributed by atoms with van der Waals surface area (Å²) in [5.74, 6) is -0.0114. The van der Waals surface area contributed by atoms with Gasteiger partial charge in [0, 0.05) is 17.3 Å². The summed E-state index contributed by atoms with van der Waals surface area (Å²) in [4.78, 5) is 11.9. The first-order valence-electron chi connectivity index (χ1n) is 4.60. The van der Waals surface area contributed by atoms with Crippen molar-refractivity contribution in [2.75, 3.05) is 6.54 Å². The molecule has 0 unspecified atom stereocenters. The van der Waals surface area contributed by atoms with Gasteiger partial charge in [-0.3, -0.25) is 4.79 Å². The summed E-state index contributed by atoms with van der Waals surface area (Å²) in [6, 6.07) is 3.97. The molecule has 1 aromatic rings. The van der Waals surface area contributed by atoms with Crippen LogP contribution < -0.4 is 5.32 Å². The monoisotopic (exact) mass is 553 g/mol. The van der Waals surface area contributed by atoms with Crippen LogP contribution in [-0.4, -0.2) is 12.5 Å². The van der Waals surface area contributed by atoms with Crippen molar-refractivity contribution in [3.63, 3.8) is 0 Å². The number of carbonyl (C=O) groups excluding carboxylic acids is 1. The van der Waals surface area contributed by atoms with Crippen LogP contribution in [0.5, 0.6) is 0 Å². The fraction of sp³-hybridized carbons (Fsp3) is 0.182. The summed E-state index contributed by atoms with van der Waals surface area (Å²) in [6.45, 7) is 4.26. The van der Waals surface area contributed by atoms with Gasteiger partial charge in [0.05, 0.1) is 5.56 Å². The molecule has 5 heteroatoms. The molecular formula is C11H10I3NO. The molecule has 1 N–H and O–H groups in total. The number of rotatable bonds is 4. The molecule has 1 aromatic carbocycles. The van der Waals surface area contributed by atoms with Crippen molar-refractivity contribution in [2.45, 2.75) is 6.42 Å². The van der Waals surface area contributed by atoms with Crippen LogP contribution in [-0.2, 0) is 0 Å². The lowest BCUT2D eigenvalue weighted by Gasteiger charge is -2.08. The first kappa shape index (κ1) is 14.7. The molecule has 0 aromatic heterocycles. The molecule has 1 rings (SSSR count). The van der Waals surface area contributed by atoms with Crippen LogP contribution in [0, 0.1) is 10.7 Å². The van der Waals surface area contributed by atoms with E-state index in [1.165, 1.54) is 0 Å². The molecule has 0 aliphatic carbocycles. The lowest BCUT2D eigenvalue weighted by Crippen LogP contribution is -2.25. The zero-order valence-electron chi connectivity index (χ0n) is 8.40. The number of halogens is 3. The van der Waals surface area contributed by atoms with Crippen molar-refractivity contribution in [1.29, 1.82) is 0 Å². The van der Waals surface area contributed by atoms with E-state index in [9.17, 15) is 4.79 Å². The SMILES string of the molecule is C=CCCNC(=O)c1cc(I)cc(I)c1I. The molecule has 86 valence electrons. The Bertz CT molecular complexity index is 418. The van der Waals surface area contributed by atoms with Gasteiger partial charge in [-0.25, -0.2) is 0 Å². The number of nitrogens with one attached hydrogen (secondary N) is 1. The zero-order valence-corrected chi connectivity index (χ0v) is 14.9. The summed E-state index contributed by atoms with van der Waals surface area (Å²) >= 11 is 6.67. The molecule has 0 saturated heterocycles. The Labute approximate surface area is 136 Å². The average Bonchev–Trinajstić information content (AvgIpc) is 2.23. The fourth-order valence-corrected chi connectivity index (χ4v) is 3.51. The molecular weight excluding hydrogens is 543 g/mol. The number of hydrogen-bond acceptors (Lipinski definition) is 1. The molecule has 0 bridgehead atoms. The Morgan fingerprint density at radius 3 is 2.69 bits per heavy atom. The number of benzene rings is 1. The minimum atomic E-state index is -0.0114. The normalized spacial score (nSPS) is 9.94. The maximum atomic E-state index is 11.9. The van der Waals surface area contributed by atoms with Gasteiger partial charge in [-0.2, -0.15) is 0 Å². The summed E-state index contributed by atoms with van der Waals surface area (Å²) in [6.07, 6.45) is 2.59. The van der Waals surface area contributed by atoms with Crippen molar-refractivity contribution in [2.24, 2.45) is 0 Å². The Hall–Kier alpha value is 0.620. The largest absolute Gasteiger partial charge is 0.352 e. The van der Waals surface area contributed by atoms with Crippen molar-refractivity contribution in [1.82, 2.24) is 5.32 Å². The summed E-state index contributed by atoms with van der Waals surface area (Å²) in [7, 11) is 0. The third-order valence-electron chi connectivity index (χ3n) is 1.87. The summed E-state index contributed by atoms with van der Waals surface area (Å²) in [5.41, 5.74) is 0.751. The molecule has 16 heavy (non-hydrogen) atoms. The first-order chi connectivity index (χ1) is 7.56. The molecule has 0 fully saturated rings. The van der Waals surface area contributed by atoms with E-state index in [2.05, 4.69) is 85.7 Å². The lowest BCUT2D eigenvalue weighted by molar-refractivity contribution is 0.0953. The predicted octanol–water partition coefficient (Wildman–Crippen LogP) is 3.81. The van der Waals surface area contributed by atoms with Crippen molar-refractivity contribution in [3.05, 3.63) is 41.1 Å². The Kier molecular flexibility index (Phi) is 6.55. The van der Waals surface area contributed by atoms with E-state index in [-0.39, 0.29) is 5.91 Å². The van der Waals surface area contributed by atoms with E-state index in [0.717, 1.165) is 22.7 Å². The van der Waals surface area contributed by atoms with Gasteiger partial charge in [0.15, 0.2) is 0 Å². The molecule has 2 nitrogen and oxygen atoms in total. The maximum Gasteiger partial charge on any atom is 0.252 e. The maximum absolute atomic E-state index is 11.9. The average molecular weight is 553 g/mol. The van der Waals surface area contributed by atoms with E-state index in [1.807, 2.05) is 6.07 Å². The van der Waals surface area contributed by atoms with E-state index >= 15 is 0 Å². The molecule has 0 saturated carbocycles. The van der Waals surface area contributed by atoms with Gasteiger partial charge in [0.25, 0.3) is 5.91 Å². The van der Waals surface area contributed by atoms with Crippen LogP contribution in [0.15, 0.2) is 24.8 Å². The van der Waals surface area contributed by atoms with Gasteiger partial charge >= 0.3 is 0 Å². The molecule has 0 radical (unpaired) electrons. The van der Waals surface area contributed by atoms with Gasteiger partial charge < -0.3 is 5.32 Å². The Morgan fingerprint density at radius 1 is 1.38 bits per heavy atom. The molecule has 0 aliphatic rings. The Morgan fingerprint density at radius 2 is 2.06 bits per heavy atom. The van der Waals surface area contributed by atoms with Crippen molar-refractivity contribution >= 4 is 73.7 Å². The molecule has 0 heterocycles. The summed E-state index contributed by atoms with van der Waals surface area (Å²) in [5, 5.41) is 2.87. The molecule has 1 amide bonds. The third-order valence-corrected chi connectivity index (χ3v) is 5.54. The van der Waals surface area contributed by atoms with E-state index in [0.29, 0.717) is 6.54 Å². The fourth-order valence-electron chi connectivity index (χ4n) is 1.10. The lowest BCUT2D eigenvalue weighted by atomic mass is 10.2. The van der Waals surface area contributed by atoms with E-state index < -0.39 is 0 Å². The predicted molar refractivity (Wildman–Crippen MR) is 91.7 cm³/mol. The second-order valence-corrected chi connectivity index (χ2v) is 6.57. The zero-order chi connectivity index (χ0) is 12.1. The van der Waals surface area contributed by atoms with E-state index in [4.69, 9.17) is 0 Å². The summed E-state index contributed by atoms with van der Waals surface area (Å²) < 4.78 is 3.20. The van der Waals surface area contributed by atoms with Gasteiger partial charge in [0.2, 0.25) is 0 Å². The van der Waals surface area contributed by atoms with Gasteiger partial charge in [-0.05, 0) is 86.3 Å². The van der Waals surface area contributed by atoms with Gasteiger partial charge in [-0.15, -0.1) is 6.58 Å². The number of carbonyl (C=O) groups is 1. The van der Waals surface area contributed by atoms with Gasteiger partial charge in [0.1, 0.15) is 0 Å². The van der Waals surface area contributed by atoms with Crippen molar-refractivity contribution < 1.29 is 4.79 Å². The standard InChI is InChI=1S/C11H10I3NO/c1-2-3-4-15-11(16)8-5-7(12)6-9(13)10(8)14/h2,5-6H,1,3-4H2,(H,15,16). The third kappa shape index (κ3) is 4.13. The highest BCUT2D eigenvalue weighted by atomic mass is 127. The molecule has 0 atom stereocenters.